The largest absolute Gasteiger partial charge is 0.493 e. The number of benzene rings is 1. The van der Waals surface area contributed by atoms with Crippen LogP contribution in [0.3, 0.4) is 0 Å². The van der Waals surface area contributed by atoms with E-state index in [1.165, 1.54) is 7.11 Å². The molecule has 1 N–H and O–H groups in total. The number of methoxy groups -OCH3 is 1. The maximum absolute atomic E-state index is 11.4. The van der Waals surface area contributed by atoms with Crippen LogP contribution in [0.2, 0.25) is 0 Å². The monoisotopic (exact) mass is 248 g/mol. The molecule has 0 saturated heterocycles. The number of nitrogens with one attached hydrogen (secondary N) is 1. The van der Waals surface area contributed by atoms with Gasteiger partial charge in [0, 0.05) is 18.6 Å². The Morgan fingerprint density at radius 2 is 2.11 bits per heavy atom. The first-order chi connectivity index (χ1) is 8.65. The first-order valence-electron chi connectivity index (χ1n) is 5.71. The van der Waals surface area contributed by atoms with Gasteiger partial charge >= 0.3 is 0 Å². The standard InChI is InChI=1S/C13H16N2O3/c1-4-13(16)15-10-7-12(18-5-2)11(17-3)6-9(10)8-14/h6-7H,4-5H2,1-3H3,(H,15,16). The van der Waals surface area contributed by atoms with Crippen LogP contribution in [0.25, 0.3) is 0 Å². The molecule has 0 aliphatic heterocycles. The number of nitriles is 1. The van der Waals surface area contributed by atoms with Crippen LogP contribution in [0.4, 0.5) is 5.69 Å². The van der Waals surface area contributed by atoms with E-state index in [9.17, 15) is 4.79 Å². The zero-order valence-corrected chi connectivity index (χ0v) is 10.7. The first kappa shape index (κ1) is 13.8. The van der Waals surface area contributed by atoms with Crippen molar-refractivity contribution in [1.82, 2.24) is 0 Å². The summed E-state index contributed by atoms with van der Waals surface area (Å²) in [6.07, 6.45) is 0.348. The van der Waals surface area contributed by atoms with Gasteiger partial charge in [0.1, 0.15) is 6.07 Å². The quantitative estimate of drug-likeness (QED) is 0.868. The Hall–Kier alpha value is -2.22. The topological polar surface area (TPSA) is 71.3 Å². The highest BCUT2D eigenvalue weighted by Crippen LogP contribution is 2.33. The molecule has 18 heavy (non-hydrogen) atoms. The predicted molar refractivity (Wildman–Crippen MR) is 67.8 cm³/mol. The van der Waals surface area contributed by atoms with Gasteiger partial charge in [-0.2, -0.15) is 5.26 Å². The molecule has 1 amide bonds. The van der Waals surface area contributed by atoms with Crippen molar-refractivity contribution in [3.8, 4) is 17.6 Å². The molecule has 0 radical (unpaired) electrons. The zero-order valence-electron chi connectivity index (χ0n) is 10.7. The van der Waals surface area contributed by atoms with Crippen molar-refractivity contribution in [2.24, 2.45) is 0 Å². The van der Waals surface area contributed by atoms with Crippen molar-refractivity contribution in [2.45, 2.75) is 20.3 Å². The lowest BCUT2D eigenvalue weighted by Gasteiger charge is -2.13. The number of carbonyl (C=O) groups excluding carboxylic acids is 1. The maximum atomic E-state index is 11.4. The summed E-state index contributed by atoms with van der Waals surface area (Å²) >= 11 is 0. The second kappa shape index (κ2) is 6.50. The highest BCUT2D eigenvalue weighted by atomic mass is 16.5. The Bertz CT molecular complexity index is 478. The molecule has 1 aromatic rings. The van der Waals surface area contributed by atoms with Gasteiger partial charge in [-0.1, -0.05) is 6.92 Å². The minimum atomic E-state index is -0.154. The van der Waals surface area contributed by atoms with Crippen LogP contribution >= 0.6 is 0 Å². The Labute approximate surface area is 106 Å². The number of rotatable bonds is 5. The molecule has 0 unspecified atom stereocenters. The number of ether oxygens (including phenoxy) is 2. The molecule has 1 aromatic carbocycles. The minimum Gasteiger partial charge on any atom is -0.493 e. The molecule has 0 aliphatic rings. The third-order valence-electron chi connectivity index (χ3n) is 2.32. The highest BCUT2D eigenvalue weighted by Gasteiger charge is 2.12. The average Bonchev–Trinajstić information content (AvgIpc) is 2.39. The molecule has 0 spiro atoms. The molecule has 0 aromatic heterocycles. The van der Waals surface area contributed by atoms with E-state index in [2.05, 4.69) is 5.32 Å². The fourth-order valence-corrected chi connectivity index (χ4v) is 1.42. The summed E-state index contributed by atoms with van der Waals surface area (Å²) in [4.78, 5) is 11.4. The van der Waals surface area contributed by atoms with Crippen molar-refractivity contribution in [2.75, 3.05) is 19.0 Å². The molecule has 96 valence electrons. The molecule has 0 aliphatic carbocycles. The fourth-order valence-electron chi connectivity index (χ4n) is 1.42. The van der Waals surface area contributed by atoms with Gasteiger partial charge in [0.2, 0.25) is 5.91 Å². The van der Waals surface area contributed by atoms with Gasteiger partial charge in [-0.25, -0.2) is 0 Å². The van der Waals surface area contributed by atoms with Crippen LogP contribution in [-0.2, 0) is 4.79 Å². The van der Waals surface area contributed by atoms with Crippen LogP contribution in [0.1, 0.15) is 25.8 Å². The first-order valence-corrected chi connectivity index (χ1v) is 5.71. The lowest BCUT2D eigenvalue weighted by Crippen LogP contribution is -2.11. The molecular formula is C13H16N2O3. The van der Waals surface area contributed by atoms with Crippen molar-refractivity contribution in [1.29, 1.82) is 5.26 Å². The van der Waals surface area contributed by atoms with E-state index >= 15 is 0 Å². The van der Waals surface area contributed by atoms with Gasteiger partial charge in [0.15, 0.2) is 11.5 Å². The average molecular weight is 248 g/mol. The van der Waals surface area contributed by atoms with Gasteiger partial charge in [0.05, 0.1) is 25.0 Å². The van der Waals surface area contributed by atoms with Crippen LogP contribution in [0.5, 0.6) is 11.5 Å². The van der Waals surface area contributed by atoms with Crippen molar-refractivity contribution < 1.29 is 14.3 Å². The summed E-state index contributed by atoms with van der Waals surface area (Å²) in [6.45, 7) is 4.07. The molecule has 0 atom stereocenters. The Kier molecular flexibility index (Phi) is 5.00. The SMILES string of the molecule is CCOc1cc(NC(=O)CC)c(C#N)cc1OC. The van der Waals surface area contributed by atoms with Crippen molar-refractivity contribution in [3.63, 3.8) is 0 Å². The van der Waals surface area contributed by atoms with Crippen LogP contribution in [-0.4, -0.2) is 19.6 Å². The molecule has 0 bridgehead atoms. The summed E-state index contributed by atoms with van der Waals surface area (Å²) in [6, 6.07) is 5.18. The molecule has 1 rings (SSSR count). The maximum Gasteiger partial charge on any atom is 0.224 e. The summed E-state index contributed by atoms with van der Waals surface area (Å²) in [5.41, 5.74) is 0.783. The number of hydrogen-bond acceptors (Lipinski definition) is 4. The number of nitrogens with zero attached hydrogens (tertiary/aromatic N) is 1. The number of anilines is 1. The number of hydrogen-bond donors (Lipinski definition) is 1. The summed E-state index contributed by atoms with van der Waals surface area (Å²) in [7, 11) is 1.50. The van der Waals surface area contributed by atoms with E-state index < -0.39 is 0 Å². The van der Waals surface area contributed by atoms with Gasteiger partial charge in [0.25, 0.3) is 0 Å². The van der Waals surface area contributed by atoms with Gasteiger partial charge in [-0.3, -0.25) is 4.79 Å². The van der Waals surface area contributed by atoms with E-state index in [1.54, 1.807) is 19.1 Å². The number of carbonyl (C=O) groups is 1. The van der Waals surface area contributed by atoms with E-state index in [1.807, 2.05) is 13.0 Å². The zero-order chi connectivity index (χ0) is 13.5. The summed E-state index contributed by atoms with van der Waals surface area (Å²) in [5, 5.41) is 11.7. The van der Waals surface area contributed by atoms with Crippen LogP contribution in [0, 0.1) is 11.3 Å². The number of amides is 1. The molecule has 0 saturated carbocycles. The lowest BCUT2D eigenvalue weighted by atomic mass is 10.1. The Morgan fingerprint density at radius 3 is 2.61 bits per heavy atom. The highest BCUT2D eigenvalue weighted by molar-refractivity contribution is 5.92. The third-order valence-corrected chi connectivity index (χ3v) is 2.32. The Morgan fingerprint density at radius 1 is 1.39 bits per heavy atom. The molecule has 0 fully saturated rings. The lowest BCUT2D eigenvalue weighted by molar-refractivity contribution is -0.115. The van der Waals surface area contributed by atoms with Gasteiger partial charge < -0.3 is 14.8 Å². The normalized spacial score (nSPS) is 9.44. The van der Waals surface area contributed by atoms with Crippen molar-refractivity contribution in [3.05, 3.63) is 17.7 Å². The third kappa shape index (κ3) is 3.14. The van der Waals surface area contributed by atoms with E-state index in [0.29, 0.717) is 35.8 Å². The fraction of sp³-hybridized carbons (Fsp3) is 0.385. The molecule has 0 heterocycles. The Balaban J connectivity index is 3.19. The predicted octanol–water partition coefficient (Wildman–Crippen LogP) is 2.31. The van der Waals surface area contributed by atoms with Crippen molar-refractivity contribution >= 4 is 11.6 Å². The summed E-state index contributed by atoms with van der Waals surface area (Å²) in [5.74, 6) is 0.826. The second-order valence-corrected chi connectivity index (χ2v) is 3.50. The van der Waals surface area contributed by atoms with E-state index in [0.717, 1.165) is 0 Å². The second-order valence-electron chi connectivity index (χ2n) is 3.50. The molecular weight excluding hydrogens is 232 g/mol. The molecule has 5 nitrogen and oxygen atoms in total. The summed E-state index contributed by atoms with van der Waals surface area (Å²) < 4.78 is 10.5. The molecule has 5 heteroatoms. The van der Waals surface area contributed by atoms with Gasteiger partial charge in [-0.15, -0.1) is 0 Å². The smallest absolute Gasteiger partial charge is 0.224 e. The van der Waals surface area contributed by atoms with E-state index in [4.69, 9.17) is 14.7 Å². The van der Waals surface area contributed by atoms with Crippen LogP contribution < -0.4 is 14.8 Å². The minimum absolute atomic E-state index is 0.154. The van der Waals surface area contributed by atoms with E-state index in [-0.39, 0.29) is 5.91 Å². The van der Waals surface area contributed by atoms with Crippen LogP contribution in [0.15, 0.2) is 12.1 Å². The van der Waals surface area contributed by atoms with Gasteiger partial charge in [-0.05, 0) is 6.92 Å².